The van der Waals surface area contributed by atoms with Crippen molar-refractivity contribution in [2.75, 3.05) is 0 Å². The Labute approximate surface area is 129 Å². The average molecular weight is 353 g/mol. The van der Waals surface area contributed by atoms with Crippen LogP contribution in [0.1, 0.15) is 17.0 Å². The van der Waals surface area contributed by atoms with Gasteiger partial charge in [-0.05, 0) is 18.2 Å². The number of imidazole rings is 1. The van der Waals surface area contributed by atoms with Gasteiger partial charge in [-0.2, -0.15) is 0 Å². The Balaban J connectivity index is 1.61. The van der Waals surface area contributed by atoms with Crippen LogP contribution in [-0.4, -0.2) is 21.9 Å². The zero-order valence-electron chi connectivity index (χ0n) is 11.1. The summed E-state index contributed by atoms with van der Waals surface area (Å²) in [7, 11) is 0. The molecule has 110 valence electrons. The highest BCUT2D eigenvalue weighted by Crippen LogP contribution is 2.16. The van der Waals surface area contributed by atoms with Crippen LogP contribution in [0.3, 0.4) is 0 Å². The van der Waals surface area contributed by atoms with E-state index in [1.54, 1.807) is 18.5 Å². The summed E-state index contributed by atoms with van der Waals surface area (Å²) in [5, 5.41) is 5.90. The summed E-state index contributed by atoms with van der Waals surface area (Å²) < 4.78 is 14.4. The maximum Gasteiger partial charge on any atom is 0.237 e. The normalized spacial score (nSPS) is 17.3. The van der Waals surface area contributed by atoms with Gasteiger partial charge in [0.2, 0.25) is 5.91 Å². The lowest BCUT2D eigenvalue weighted by molar-refractivity contribution is -0.123. The number of rotatable bonds is 3. The van der Waals surface area contributed by atoms with Crippen molar-refractivity contribution in [1.82, 2.24) is 20.6 Å². The molecule has 2 aromatic rings. The molecule has 2 heterocycles. The number of amides is 1. The highest BCUT2D eigenvalue weighted by molar-refractivity contribution is 9.10. The number of nitrogens with one attached hydrogen (secondary N) is 3. The second kappa shape index (κ2) is 5.95. The van der Waals surface area contributed by atoms with Crippen LogP contribution >= 0.6 is 15.9 Å². The molecule has 0 radical (unpaired) electrons. The quantitative estimate of drug-likeness (QED) is 0.786. The van der Waals surface area contributed by atoms with Gasteiger partial charge in [0.05, 0.1) is 23.8 Å². The molecule has 0 aliphatic carbocycles. The van der Waals surface area contributed by atoms with Gasteiger partial charge in [-0.3, -0.25) is 10.1 Å². The van der Waals surface area contributed by atoms with E-state index in [1.165, 1.54) is 6.07 Å². The standard InChI is InChI=1S/C14H14BrFN4O/c15-9-1-2-10(16)8(3-9)5-18-14(21)12-4-11-13(6-17-12)20-7-19-11/h1-3,7,12,17H,4-6H2,(H,18,21)(H,19,20). The first-order chi connectivity index (χ1) is 10.1. The fourth-order valence-electron chi connectivity index (χ4n) is 2.34. The summed E-state index contributed by atoms with van der Waals surface area (Å²) in [6.07, 6.45) is 2.16. The molecule has 1 aliphatic heterocycles. The van der Waals surface area contributed by atoms with Gasteiger partial charge in [0.25, 0.3) is 0 Å². The van der Waals surface area contributed by atoms with Crippen LogP contribution < -0.4 is 10.6 Å². The number of hydrogen-bond donors (Lipinski definition) is 3. The summed E-state index contributed by atoms with van der Waals surface area (Å²) in [6, 6.07) is 4.33. The van der Waals surface area contributed by atoms with Crippen LogP contribution in [0, 0.1) is 5.82 Å². The van der Waals surface area contributed by atoms with E-state index in [9.17, 15) is 9.18 Å². The maximum absolute atomic E-state index is 13.6. The number of carbonyl (C=O) groups excluding carboxylic acids is 1. The molecule has 0 spiro atoms. The van der Waals surface area contributed by atoms with Crippen LogP contribution in [0.5, 0.6) is 0 Å². The van der Waals surface area contributed by atoms with E-state index in [0.29, 0.717) is 18.5 Å². The number of carbonyl (C=O) groups is 1. The average Bonchev–Trinajstić information content (AvgIpc) is 2.95. The molecule has 21 heavy (non-hydrogen) atoms. The topological polar surface area (TPSA) is 69.8 Å². The van der Waals surface area contributed by atoms with Crippen LogP contribution in [0.25, 0.3) is 0 Å². The lowest BCUT2D eigenvalue weighted by Crippen LogP contribution is -2.47. The largest absolute Gasteiger partial charge is 0.351 e. The molecular formula is C14H14BrFN4O. The van der Waals surface area contributed by atoms with E-state index in [-0.39, 0.29) is 24.3 Å². The number of halogens is 2. The molecule has 0 saturated heterocycles. The predicted octanol–water partition coefficient (Wildman–Crippen LogP) is 1.64. The summed E-state index contributed by atoms with van der Waals surface area (Å²) in [5.74, 6) is -0.479. The van der Waals surface area contributed by atoms with Crippen LogP contribution in [-0.2, 0) is 24.3 Å². The highest BCUT2D eigenvalue weighted by Gasteiger charge is 2.25. The lowest BCUT2D eigenvalue weighted by Gasteiger charge is -2.22. The smallest absolute Gasteiger partial charge is 0.237 e. The first kappa shape index (κ1) is 14.2. The minimum Gasteiger partial charge on any atom is -0.351 e. The lowest BCUT2D eigenvalue weighted by atomic mass is 10.0. The first-order valence-electron chi connectivity index (χ1n) is 6.59. The van der Waals surface area contributed by atoms with Crippen molar-refractivity contribution in [3.63, 3.8) is 0 Å². The van der Waals surface area contributed by atoms with E-state index < -0.39 is 0 Å². The van der Waals surface area contributed by atoms with Gasteiger partial charge >= 0.3 is 0 Å². The Hall–Kier alpha value is -1.73. The molecule has 0 fully saturated rings. The van der Waals surface area contributed by atoms with E-state index in [1.807, 2.05) is 0 Å². The van der Waals surface area contributed by atoms with Crippen molar-refractivity contribution < 1.29 is 9.18 Å². The monoisotopic (exact) mass is 352 g/mol. The fraction of sp³-hybridized carbons (Fsp3) is 0.286. The number of fused-ring (bicyclic) bond motifs is 1. The number of benzene rings is 1. The third-order valence-corrected chi connectivity index (χ3v) is 4.00. The SMILES string of the molecule is O=C(NCc1cc(Br)ccc1F)C1Cc2nc[nH]c2CN1. The minimum atomic E-state index is -0.337. The molecule has 1 aromatic heterocycles. The van der Waals surface area contributed by atoms with Gasteiger partial charge < -0.3 is 10.3 Å². The Kier molecular flexibility index (Phi) is 4.03. The maximum atomic E-state index is 13.6. The Morgan fingerprint density at radius 2 is 2.38 bits per heavy atom. The van der Waals surface area contributed by atoms with Crippen molar-refractivity contribution in [2.45, 2.75) is 25.6 Å². The van der Waals surface area contributed by atoms with E-state index in [0.717, 1.165) is 15.9 Å². The van der Waals surface area contributed by atoms with Gasteiger partial charge in [0.15, 0.2) is 0 Å². The number of nitrogens with zero attached hydrogens (tertiary/aromatic N) is 1. The molecule has 5 nitrogen and oxygen atoms in total. The molecule has 0 bridgehead atoms. The van der Waals surface area contributed by atoms with E-state index >= 15 is 0 Å². The summed E-state index contributed by atoms with van der Waals surface area (Å²) in [6.45, 7) is 0.744. The van der Waals surface area contributed by atoms with Crippen molar-refractivity contribution in [3.8, 4) is 0 Å². The molecule has 1 aliphatic rings. The molecule has 1 unspecified atom stereocenters. The Bertz CT molecular complexity index is 673. The molecule has 3 rings (SSSR count). The van der Waals surface area contributed by atoms with Crippen LogP contribution in [0.15, 0.2) is 29.0 Å². The summed E-state index contributed by atoms with van der Waals surface area (Å²) in [4.78, 5) is 19.4. The zero-order chi connectivity index (χ0) is 14.8. The van der Waals surface area contributed by atoms with Crippen molar-refractivity contribution in [1.29, 1.82) is 0 Å². The molecule has 1 atom stereocenters. The van der Waals surface area contributed by atoms with Gasteiger partial charge in [-0.25, -0.2) is 9.37 Å². The number of aromatic amines is 1. The highest BCUT2D eigenvalue weighted by atomic mass is 79.9. The summed E-state index contributed by atoms with van der Waals surface area (Å²) in [5.41, 5.74) is 2.37. The number of H-pyrrole nitrogens is 1. The van der Waals surface area contributed by atoms with Gasteiger partial charge in [-0.15, -0.1) is 0 Å². The summed E-state index contributed by atoms with van der Waals surface area (Å²) >= 11 is 3.29. The molecule has 3 N–H and O–H groups in total. The van der Waals surface area contributed by atoms with Crippen molar-refractivity contribution >= 4 is 21.8 Å². The minimum absolute atomic E-state index is 0.150. The van der Waals surface area contributed by atoms with Crippen LogP contribution in [0.2, 0.25) is 0 Å². The van der Waals surface area contributed by atoms with Crippen LogP contribution in [0.4, 0.5) is 4.39 Å². The number of hydrogen-bond acceptors (Lipinski definition) is 3. The van der Waals surface area contributed by atoms with E-state index in [2.05, 4.69) is 36.5 Å². The third-order valence-electron chi connectivity index (χ3n) is 3.51. The Morgan fingerprint density at radius 1 is 1.52 bits per heavy atom. The molecule has 1 aromatic carbocycles. The van der Waals surface area contributed by atoms with E-state index in [4.69, 9.17) is 0 Å². The fourth-order valence-corrected chi connectivity index (χ4v) is 2.75. The van der Waals surface area contributed by atoms with Crippen molar-refractivity contribution in [3.05, 3.63) is 51.8 Å². The Morgan fingerprint density at radius 3 is 3.24 bits per heavy atom. The molecule has 7 heteroatoms. The number of aromatic nitrogens is 2. The third kappa shape index (κ3) is 3.14. The van der Waals surface area contributed by atoms with Crippen molar-refractivity contribution in [2.24, 2.45) is 0 Å². The second-order valence-corrected chi connectivity index (χ2v) is 5.83. The predicted molar refractivity (Wildman–Crippen MR) is 78.9 cm³/mol. The zero-order valence-corrected chi connectivity index (χ0v) is 12.7. The molecular weight excluding hydrogens is 339 g/mol. The van der Waals surface area contributed by atoms with Gasteiger partial charge in [0.1, 0.15) is 5.82 Å². The van der Waals surface area contributed by atoms with Gasteiger partial charge in [0, 0.05) is 29.5 Å². The first-order valence-corrected chi connectivity index (χ1v) is 7.39. The molecule has 0 saturated carbocycles. The van der Waals surface area contributed by atoms with Gasteiger partial charge in [-0.1, -0.05) is 15.9 Å². The second-order valence-electron chi connectivity index (χ2n) is 4.92. The molecule has 1 amide bonds.